The number of Topliss-reactive ketones (excluding diaryl/α,β-unsaturated/α-hetero) is 2. The van der Waals surface area contributed by atoms with Crippen LogP contribution in [0.1, 0.15) is 39.0 Å². The van der Waals surface area contributed by atoms with Crippen molar-refractivity contribution in [2.75, 3.05) is 4.90 Å². The van der Waals surface area contributed by atoms with Gasteiger partial charge in [0.2, 0.25) is 5.78 Å². The molecule has 2 atom stereocenters. The Morgan fingerprint density at radius 3 is 2.26 bits per heavy atom. The van der Waals surface area contributed by atoms with Crippen LogP contribution in [-0.4, -0.2) is 23.5 Å². The van der Waals surface area contributed by atoms with Gasteiger partial charge in [0.05, 0.1) is 6.04 Å². The van der Waals surface area contributed by atoms with Crippen LogP contribution in [0, 0.1) is 17.7 Å². The molecule has 1 saturated carbocycles. The molecule has 23 heavy (non-hydrogen) atoms. The van der Waals surface area contributed by atoms with E-state index in [-0.39, 0.29) is 11.7 Å². The van der Waals surface area contributed by atoms with Crippen molar-refractivity contribution in [1.82, 2.24) is 0 Å². The second kappa shape index (κ2) is 6.22. The van der Waals surface area contributed by atoms with Crippen LogP contribution in [0.5, 0.6) is 0 Å². The maximum Gasteiger partial charge on any atom is 0.295 e. The summed E-state index contributed by atoms with van der Waals surface area (Å²) in [6, 6.07) is 5.11. The van der Waals surface area contributed by atoms with Crippen molar-refractivity contribution >= 4 is 23.2 Å². The lowest BCUT2D eigenvalue weighted by atomic mass is 9.77. The molecular formula is C18H20FNO3. The van der Waals surface area contributed by atoms with E-state index >= 15 is 0 Å². The second-order valence-corrected chi connectivity index (χ2v) is 6.49. The molecule has 2 aliphatic rings. The first kappa shape index (κ1) is 15.8. The highest BCUT2D eigenvalue weighted by atomic mass is 19.1. The van der Waals surface area contributed by atoms with Gasteiger partial charge in [0.1, 0.15) is 17.5 Å². The number of benzene rings is 1. The zero-order chi connectivity index (χ0) is 16.6. The van der Waals surface area contributed by atoms with Crippen LogP contribution in [0.4, 0.5) is 10.1 Å². The molecule has 2 fully saturated rings. The van der Waals surface area contributed by atoms with E-state index in [1.165, 1.54) is 36.1 Å². The van der Waals surface area contributed by atoms with Crippen molar-refractivity contribution in [3.8, 4) is 0 Å². The molecule has 1 aliphatic heterocycles. The summed E-state index contributed by atoms with van der Waals surface area (Å²) in [7, 11) is 0. The lowest BCUT2D eigenvalue weighted by Crippen LogP contribution is -2.43. The molecule has 1 saturated heterocycles. The van der Waals surface area contributed by atoms with Crippen molar-refractivity contribution in [2.24, 2.45) is 11.8 Å². The highest BCUT2D eigenvalue weighted by Gasteiger charge is 2.52. The molecular weight excluding hydrogens is 297 g/mol. The van der Waals surface area contributed by atoms with Gasteiger partial charge in [-0.2, -0.15) is 0 Å². The van der Waals surface area contributed by atoms with Crippen molar-refractivity contribution < 1.29 is 18.8 Å². The van der Waals surface area contributed by atoms with Gasteiger partial charge < -0.3 is 4.90 Å². The smallest absolute Gasteiger partial charge is 0.295 e. The molecule has 1 unspecified atom stereocenters. The highest BCUT2D eigenvalue weighted by molar-refractivity contribution is 6.48. The quantitative estimate of drug-likeness (QED) is 0.636. The average molecular weight is 317 g/mol. The van der Waals surface area contributed by atoms with Crippen molar-refractivity contribution in [3.05, 3.63) is 30.1 Å². The monoisotopic (exact) mass is 317 g/mol. The number of hydrogen-bond donors (Lipinski definition) is 0. The van der Waals surface area contributed by atoms with Gasteiger partial charge in [0.25, 0.3) is 5.91 Å². The fourth-order valence-corrected chi connectivity index (χ4v) is 3.97. The van der Waals surface area contributed by atoms with Gasteiger partial charge in [-0.3, -0.25) is 14.4 Å². The molecule has 5 heteroatoms. The van der Waals surface area contributed by atoms with Crippen LogP contribution in [-0.2, 0) is 14.4 Å². The summed E-state index contributed by atoms with van der Waals surface area (Å²) in [5.74, 6) is -2.69. The zero-order valence-corrected chi connectivity index (χ0v) is 13.1. The fourth-order valence-electron chi connectivity index (χ4n) is 3.97. The minimum Gasteiger partial charge on any atom is -0.301 e. The molecule has 1 aliphatic carbocycles. The van der Waals surface area contributed by atoms with Crippen LogP contribution in [0.15, 0.2) is 24.3 Å². The minimum atomic E-state index is -0.893. The summed E-state index contributed by atoms with van der Waals surface area (Å²) >= 11 is 0. The Hall–Kier alpha value is -2.04. The number of amides is 1. The summed E-state index contributed by atoms with van der Waals surface area (Å²) in [6.07, 6.45) is 5.06. The number of hydrogen-bond acceptors (Lipinski definition) is 3. The molecule has 1 aromatic rings. The van der Waals surface area contributed by atoms with Crippen molar-refractivity contribution in [2.45, 2.75) is 45.1 Å². The Bertz CT molecular complexity index is 634. The van der Waals surface area contributed by atoms with Gasteiger partial charge in [-0.25, -0.2) is 4.39 Å². The summed E-state index contributed by atoms with van der Waals surface area (Å²) < 4.78 is 13.2. The Balaban J connectivity index is 2.02. The van der Waals surface area contributed by atoms with Crippen molar-refractivity contribution in [3.63, 3.8) is 0 Å². The Labute approximate surface area is 134 Å². The molecule has 0 radical (unpaired) electrons. The first-order valence-electron chi connectivity index (χ1n) is 8.14. The molecule has 0 spiro atoms. The van der Waals surface area contributed by atoms with Crippen molar-refractivity contribution in [1.29, 1.82) is 0 Å². The molecule has 4 nitrogen and oxygen atoms in total. The van der Waals surface area contributed by atoms with Gasteiger partial charge in [-0.15, -0.1) is 0 Å². The molecule has 0 bridgehead atoms. The third kappa shape index (κ3) is 2.80. The van der Waals surface area contributed by atoms with Crippen LogP contribution >= 0.6 is 0 Å². The Kier molecular flexibility index (Phi) is 4.28. The predicted molar refractivity (Wildman–Crippen MR) is 83.4 cm³/mol. The third-order valence-corrected chi connectivity index (χ3v) is 5.03. The van der Waals surface area contributed by atoms with Crippen LogP contribution in [0.25, 0.3) is 0 Å². The number of ketones is 2. The number of rotatable bonds is 3. The lowest BCUT2D eigenvalue weighted by Gasteiger charge is -2.35. The van der Waals surface area contributed by atoms with E-state index in [1.54, 1.807) is 0 Å². The standard InChI is InChI=1S/C18H20FNO3/c1-11(21)15-16(12-5-3-2-4-6-12)20(18(23)17(15)22)14-9-7-13(19)8-10-14/h7-10,12,15-16H,2-6H2,1H3/t15?,16-/m1/s1. The van der Waals surface area contributed by atoms with Gasteiger partial charge in [0, 0.05) is 5.69 Å². The number of carbonyl (C=O) groups is 3. The summed E-state index contributed by atoms with van der Waals surface area (Å²) in [6.45, 7) is 1.37. The topological polar surface area (TPSA) is 54.5 Å². The Morgan fingerprint density at radius 2 is 1.70 bits per heavy atom. The number of carbonyl (C=O) groups excluding carboxylic acids is 3. The predicted octanol–water partition coefficient (Wildman–Crippen LogP) is 2.90. The molecule has 0 N–H and O–H groups in total. The normalized spacial score (nSPS) is 25.9. The second-order valence-electron chi connectivity index (χ2n) is 6.49. The van der Waals surface area contributed by atoms with Gasteiger partial charge in [-0.05, 0) is 49.9 Å². The van der Waals surface area contributed by atoms with E-state index in [0.717, 1.165) is 32.1 Å². The lowest BCUT2D eigenvalue weighted by molar-refractivity contribution is -0.138. The highest BCUT2D eigenvalue weighted by Crippen LogP contribution is 2.39. The molecule has 0 aromatic heterocycles. The van der Waals surface area contributed by atoms with E-state index in [1.807, 2.05) is 0 Å². The maximum atomic E-state index is 13.2. The van der Waals surface area contributed by atoms with E-state index in [2.05, 4.69) is 0 Å². The molecule has 122 valence electrons. The average Bonchev–Trinajstić information content (AvgIpc) is 2.81. The summed E-state index contributed by atoms with van der Waals surface area (Å²) in [5, 5.41) is 0. The zero-order valence-electron chi connectivity index (χ0n) is 13.1. The van der Waals surface area contributed by atoms with E-state index in [9.17, 15) is 18.8 Å². The number of nitrogens with zero attached hydrogens (tertiary/aromatic N) is 1. The van der Waals surface area contributed by atoms with Crippen LogP contribution in [0.2, 0.25) is 0 Å². The maximum absolute atomic E-state index is 13.2. The minimum absolute atomic E-state index is 0.137. The van der Waals surface area contributed by atoms with Crippen LogP contribution in [0.3, 0.4) is 0 Å². The molecule has 1 aromatic carbocycles. The van der Waals surface area contributed by atoms with Gasteiger partial charge in [0.15, 0.2) is 0 Å². The number of halogens is 1. The third-order valence-electron chi connectivity index (χ3n) is 5.03. The first-order chi connectivity index (χ1) is 11.0. The molecule has 1 heterocycles. The van der Waals surface area contributed by atoms with E-state index in [4.69, 9.17) is 0 Å². The molecule has 3 rings (SSSR count). The first-order valence-corrected chi connectivity index (χ1v) is 8.14. The van der Waals surface area contributed by atoms with E-state index in [0.29, 0.717) is 5.69 Å². The largest absolute Gasteiger partial charge is 0.301 e. The fraction of sp³-hybridized carbons (Fsp3) is 0.500. The van der Waals surface area contributed by atoms with Crippen LogP contribution < -0.4 is 4.90 Å². The summed E-state index contributed by atoms with van der Waals surface area (Å²) in [4.78, 5) is 38.3. The Morgan fingerprint density at radius 1 is 1.09 bits per heavy atom. The van der Waals surface area contributed by atoms with Gasteiger partial charge >= 0.3 is 0 Å². The van der Waals surface area contributed by atoms with Gasteiger partial charge in [-0.1, -0.05) is 19.3 Å². The van der Waals surface area contributed by atoms with E-state index < -0.39 is 29.5 Å². The molecule has 1 amide bonds. The summed E-state index contributed by atoms with van der Waals surface area (Å²) in [5.41, 5.74) is 0.490. The number of anilines is 1. The SMILES string of the molecule is CC(=O)C1C(=O)C(=O)N(c2ccc(F)cc2)[C@@H]1C1CCCCC1.